The quantitative estimate of drug-likeness (QED) is 0.0726. The minimum absolute atomic E-state index is 0. The number of halogens is 1. The first kappa shape index (κ1) is 54.6. The molecule has 1 aliphatic carbocycles. The van der Waals surface area contributed by atoms with Gasteiger partial charge in [0.1, 0.15) is 6.20 Å². The summed E-state index contributed by atoms with van der Waals surface area (Å²) < 4.78 is 94.6. The number of hydrogen-bond acceptors (Lipinski definition) is 12. The summed E-state index contributed by atoms with van der Waals surface area (Å²) >= 11 is 6.55. The Morgan fingerprint density at radius 3 is 2.21 bits per heavy atom. The number of nitrogens with zero attached hydrogens (tertiary/aromatic N) is 3. The van der Waals surface area contributed by atoms with Gasteiger partial charge in [0.25, 0.3) is 0 Å². The number of hydrogen-bond donors (Lipinski definition) is 1. The van der Waals surface area contributed by atoms with Crippen molar-refractivity contribution < 1.29 is 112 Å². The maximum absolute atomic E-state index is 12.1. The van der Waals surface area contributed by atoms with E-state index in [9.17, 15) is 35.8 Å². The van der Waals surface area contributed by atoms with E-state index in [0.29, 0.717) is 49.6 Å². The van der Waals surface area contributed by atoms with Crippen LogP contribution in [0, 0.1) is 6.07 Å². The fourth-order valence-corrected chi connectivity index (χ4v) is 9.35. The summed E-state index contributed by atoms with van der Waals surface area (Å²) in [6.07, 6.45) is 12.8. The van der Waals surface area contributed by atoms with Gasteiger partial charge < -0.3 is 19.1 Å². The Bertz CT molecular complexity index is 2730. The number of carboxylic acid groups (broad SMARTS) is 1. The number of pyridine rings is 1. The molecule has 3 aromatic rings. The van der Waals surface area contributed by atoms with Crippen LogP contribution in [0.1, 0.15) is 93.3 Å². The van der Waals surface area contributed by atoms with Crippen LogP contribution in [0.2, 0.25) is 5.02 Å². The molecule has 0 radical (unpaired) electrons. The number of carbonyl (C=O) groups is 1. The van der Waals surface area contributed by atoms with E-state index < -0.39 is 59.1 Å². The van der Waals surface area contributed by atoms with Crippen LogP contribution in [0.25, 0.3) is 5.57 Å². The molecule has 0 spiro atoms. The molecule has 63 heavy (non-hydrogen) atoms. The summed E-state index contributed by atoms with van der Waals surface area (Å²) in [6.45, 7) is 9.36. The second kappa shape index (κ2) is 22.6. The molecule has 0 unspecified atom stereocenters. The molecule has 0 fully saturated rings. The molecule has 3 heterocycles. The number of benzene rings is 2. The van der Waals surface area contributed by atoms with E-state index >= 15 is 0 Å². The average molecular weight is 958 g/mol. The van der Waals surface area contributed by atoms with Crippen LogP contribution in [0.4, 0.5) is 11.5 Å². The topological polar surface area (TPSA) is 222 Å². The van der Waals surface area contributed by atoms with Crippen molar-refractivity contribution in [2.75, 3.05) is 23.0 Å². The van der Waals surface area contributed by atoms with E-state index in [1.165, 1.54) is 0 Å². The van der Waals surface area contributed by atoms with Crippen molar-refractivity contribution in [3.8, 4) is 0 Å². The monoisotopic (exact) mass is 957 g/mol. The number of aromatic nitrogens is 1. The molecular weight excluding hydrogens is 912 g/mol. The Hall–Kier alpha value is -2.78. The van der Waals surface area contributed by atoms with Gasteiger partial charge in [0.05, 0.1) is 48.3 Å². The van der Waals surface area contributed by atoms with Crippen molar-refractivity contribution in [1.82, 2.24) is 0 Å². The molecule has 0 atom stereocenters. The number of carboxylic acids is 1. The van der Waals surface area contributed by atoms with Gasteiger partial charge in [0, 0.05) is 23.7 Å². The van der Waals surface area contributed by atoms with E-state index in [-0.39, 0.29) is 77.5 Å². The van der Waals surface area contributed by atoms with Gasteiger partial charge in [-0.25, -0.2) is 26.2 Å². The van der Waals surface area contributed by atoms with Crippen molar-refractivity contribution in [1.29, 1.82) is 0 Å². The molecule has 0 amide bonds. The van der Waals surface area contributed by atoms with Gasteiger partial charge in [-0.3, -0.25) is 0 Å². The van der Waals surface area contributed by atoms with Gasteiger partial charge in [-0.1, -0.05) is 55.4 Å². The van der Waals surface area contributed by atoms with Crippen LogP contribution in [0.15, 0.2) is 101 Å². The largest absolute Gasteiger partial charge is 1.00 e. The zero-order chi connectivity index (χ0) is 44.9. The van der Waals surface area contributed by atoms with E-state index in [0.717, 1.165) is 50.5 Å². The zero-order valence-electron chi connectivity index (χ0n) is 36.1. The van der Waals surface area contributed by atoms with Crippen LogP contribution in [-0.4, -0.2) is 73.4 Å². The Kier molecular flexibility index (Phi) is 19.6. The van der Waals surface area contributed by atoms with Crippen molar-refractivity contribution >= 4 is 71.2 Å². The van der Waals surface area contributed by atoms with Crippen molar-refractivity contribution in [3.05, 3.63) is 129 Å². The molecule has 14 nitrogen and oxygen atoms in total. The summed E-state index contributed by atoms with van der Waals surface area (Å²) in [5.74, 6) is -1.15. The average Bonchev–Trinajstić information content (AvgIpc) is 3.75. The molecule has 1 N–H and O–H groups in total. The Morgan fingerprint density at radius 2 is 1.57 bits per heavy atom. The molecule has 0 saturated carbocycles. The maximum Gasteiger partial charge on any atom is 1.00 e. The second-order valence-electron chi connectivity index (χ2n) is 15.9. The molecule has 326 valence electrons. The van der Waals surface area contributed by atoms with Crippen LogP contribution < -0.4 is 68.6 Å². The van der Waals surface area contributed by atoms with Crippen LogP contribution in [-0.2, 0) is 48.2 Å². The third-order valence-electron chi connectivity index (χ3n) is 11.0. The molecule has 0 saturated heterocycles. The number of aliphatic imine (C=N–C) groups is 1. The van der Waals surface area contributed by atoms with E-state index in [4.69, 9.17) is 29.2 Å². The molecule has 2 aromatic carbocycles. The summed E-state index contributed by atoms with van der Waals surface area (Å²) in [4.78, 5) is 19.3. The van der Waals surface area contributed by atoms with Crippen molar-refractivity contribution in [2.45, 2.75) is 83.6 Å². The molecule has 3 aliphatic rings. The third kappa shape index (κ3) is 14.1. The molecule has 0 bridgehead atoms. The van der Waals surface area contributed by atoms with Gasteiger partial charge in [-0.2, -0.15) is 18.2 Å². The fourth-order valence-electron chi connectivity index (χ4n) is 8.01. The number of allylic oxidation sites excluding steroid dienone is 8. The van der Waals surface area contributed by atoms with Gasteiger partial charge in [-0.05, 0) is 115 Å². The second-order valence-corrected chi connectivity index (χ2v) is 19.8. The number of fused-ring (bicyclic) bond motifs is 2. The fraction of sp³-hybridized carbons (Fsp3) is 0.372. The predicted molar refractivity (Wildman–Crippen MR) is 230 cm³/mol. The van der Waals surface area contributed by atoms with E-state index in [1.54, 1.807) is 24.4 Å². The van der Waals surface area contributed by atoms with Gasteiger partial charge in [-0.15, -0.1) is 24.3 Å². The van der Waals surface area contributed by atoms with Gasteiger partial charge in [0.15, 0.2) is 5.71 Å². The minimum Gasteiger partial charge on any atom is -0.748 e. The zero-order valence-corrected chi connectivity index (χ0v) is 43.3. The Labute approximate surface area is 420 Å². The van der Waals surface area contributed by atoms with Crippen LogP contribution in [0.3, 0.4) is 0 Å². The van der Waals surface area contributed by atoms with Gasteiger partial charge >= 0.3 is 81.5 Å². The normalized spacial score (nSPS) is 17.4. The Morgan fingerprint density at radius 1 is 0.921 bits per heavy atom. The first-order valence-corrected chi connectivity index (χ1v) is 23.9. The maximum atomic E-state index is 12.1. The van der Waals surface area contributed by atoms with Crippen LogP contribution >= 0.6 is 11.6 Å². The predicted octanol–water partition coefficient (Wildman–Crippen LogP) is 0.556. The summed E-state index contributed by atoms with van der Waals surface area (Å²) in [5.41, 5.74) is 7.82. The minimum atomic E-state index is -4.31. The first-order valence-electron chi connectivity index (χ1n) is 19.4. The number of anilines is 1. The summed E-state index contributed by atoms with van der Waals surface area (Å²) in [5, 5.41) is 10.4. The van der Waals surface area contributed by atoms with Crippen molar-refractivity contribution in [2.24, 2.45) is 4.99 Å². The molecule has 6 rings (SSSR count). The number of rotatable bonds is 15. The number of aromatic carboxylic acids is 1. The first-order chi connectivity index (χ1) is 28.5. The SMILES string of the molecule is CC1(C)C(=CC=C2CCC(C=CC3=Nc4c(cc(Cl)c[n+]4CCCCS(=O)(=O)[O-])C3(C)C)=C2c2cccc(C(=O)O)c2)N(CCCCS(=O)(=O)[O-])c2cc[c-]cc21.O=S(=O)=O.[Na+].[Na+]. The number of unbranched alkanes of at least 4 members (excludes halogenated alkanes) is 2. The standard InChI is InChI=1S/C43H48ClN3O8S2.2Na.O3S/c1-42(2)35-27-33(44)28-46(22-7-9-24-56(50,51)52)40(35)45-37(42)20-18-29-16-17-30(39(29)31-12-11-13-32(26-31)41(48)49)19-21-38-43(3,4)34-14-5-6-15-36(34)47(38)23-8-10-25-57(53,54)55;;;1-4(2)3/h6,11-15,18-21,26-28H,7-10,16-17,22-25H2,1-4H3,(H,48,49)(H,50,51,52)(H,53,54,55);;;/q;2*+1;/p-2. The smallest absolute Gasteiger partial charge is 0.748 e. The molecule has 2 aliphatic heterocycles. The molecule has 1 aromatic heterocycles. The summed E-state index contributed by atoms with van der Waals surface area (Å²) in [7, 11) is -11.7. The van der Waals surface area contributed by atoms with Gasteiger partial charge in [0.2, 0.25) is 0 Å². The van der Waals surface area contributed by atoms with E-state index in [2.05, 4.69) is 56.9 Å². The van der Waals surface area contributed by atoms with Crippen LogP contribution in [0.5, 0.6) is 0 Å². The molecular formula is C43H46ClN3Na2O11S3. The van der Waals surface area contributed by atoms with E-state index in [1.807, 2.05) is 41.0 Å². The number of aryl methyl sites for hydroxylation is 1. The van der Waals surface area contributed by atoms with Crippen molar-refractivity contribution in [3.63, 3.8) is 0 Å². The molecule has 20 heteroatoms. The Balaban J connectivity index is 0.00000169. The summed E-state index contributed by atoms with van der Waals surface area (Å²) in [6, 6.07) is 17.8. The third-order valence-corrected chi connectivity index (χ3v) is 12.8.